The van der Waals surface area contributed by atoms with Crippen molar-refractivity contribution in [3.63, 3.8) is 0 Å². The van der Waals surface area contributed by atoms with Crippen LogP contribution < -0.4 is 10.6 Å². The summed E-state index contributed by atoms with van der Waals surface area (Å²) in [6.45, 7) is 9.85. The number of rotatable bonds is 5. The van der Waals surface area contributed by atoms with Crippen molar-refractivity contribution in [1.29, 1.82) is 0 Å². The summed E-state index contributed by atoms with van der Waals surface area (Å²) in [4.78, 5) is 39.8. The van der Waals surface area contributed by atoms with Crippen LogP contribution in [0.2, 0.25) is 0 Å². The first kappa shape index (κ1) is 19.4. The molecular formula is C17H25N3O4S. The summed E-state index contributed by atoms with van der Waals surface area (Å²) >= 11 is 1.64. The average molecular weight is 367 g/mol. The van der Waals surface area contributed by atoms with E-state index in [2.05, 4.69) is 10.6 Å². The lowest BCUT2D eigenvalue weighted by molar-refractivity contribution is -0.143. The van der Waals surface area contributed by atoms with E-state index in [9.17, 15) is 19.5 Å². The van der Waals surface area contributed by atoms with Crippen LogP contribution in [0.25, 0.3) is 0 Å². The van der Waals surface area contributed by atoms with Gasteiger partial charge in [-0.3, -0.25) is 14.5 Å². The van der Waals surface area contributed by atoms with Crippen molar-refractivity contribution in [2.24, 2.45) is 0 Å². The molecule has 1 saturated heterocycles. The first-order valence-corrected chi connectivity index (χ1v) is 8.91. The number of carbonyl (C=O) groups excluding carboxylic acids is 3. The van der Waals surface area contributed by atoms with E-state index < -0.39 is 35.5 Å². The van der Waals surface area contributed by atoms with Gasteiger partial charge in [0.1, 0.15) is 5.54 Å². The number of nitrogens with zero attached hydrogens (tertiary/aromatic N) is 1. The molecule has 0 bridgehead atoms. The number of hydrogen-bond acceptors (Lipinski definition) is 5. The van der Waals surface area contributed by atoms with Crippen molar-refractivity contribution >= 4 is 29.2 Å². The topological polar surface area (TPSA) is 98.7 Å². The molecule has 1 aliphatic heterocycles. The number of aryl methyl sites for hydroxylation is 2. The summed E-state index contributed by atoms with van der Waals surface area (Å²) in [6, 6.07) is 1.10. The normalized spacial score (nSPS) is 20.2. The Morgan fingerprint density at radius 3 is 2.48 bits per heavy atom. The van der Waals surface area contributed by atoms with Crippen LogP contribution in [0, 0.1) is 13.8 Å². The predicted molar refractivity (Wildman–Crippen MR) is 95.3 cm³/mol. The fourth-order valence-electron chi connectivity index (χ4n) is 2.85. The first-order chi connectivity index (χ1) is 11.3. The minimum Gasteiger partial charge on any atom is -0.378 e. The highest BCUT2D eigenvalue weighted by Gasteiger charge is 2.48. The van der Waals surface area contributed by atoms with Crippen molar-refractivity contribution in [3.05, 3.63) is 21.4 Å². The third-order valence-corrected chi connectivity index (χ3v) is 5.27. The van der Waals surface area contributed by atoms with Gasteiger partial charge in [-0.1, -0.05) is 0 Å². The molecule has 4 amide bonds. The molecule has 2 atom stereocenters. The average Bonchev–Trinajstić information content (AvgIpc) is 2.90. The van der Waals surface area contributed by atoms with Crippen molar-refractivity contribution in [3.8, 4) is 0 Å². The quantitative estimate of drug-likeness (QED) is 0.689. The zero-order valence-electron chi connectivity index (χ0n) is 15.4. The lowest BCUT2D eigenvalue weighted by Gasteiger charge is -2.28. The fraction of sp³-hybridized carbons (Fsp3) is 0.588. The third-order valence-electron chi connectivity index (χ3n) is 4.29. The number of urea groups is 1. The summed E-state index contributed by atoms with van der Waals surface area (Å²) in [7, 11) is 0. The first-order valence-electron chi connectivity index (χ1n) is 8.09. The Balaban J connectivity index is 2.09. The van der Waals surface area contributed by atoms with Gasteiger partial charge in [0.05, 0.1) is 12.6 Å². The minimum atomic E-state index is -1.89. The zero-order valence-corrected chi connectivity index (χ0v) is 16.2. The van der Waals surface area contributed by atoms with E-state index in [1.807, 2.05) is 26.8 Å². The Morgan fingerprint density at radius 1 is 1.44 bits per heavy atom. The second kappa shape index (κ2) is 6.42. The highest BCUT2D eigenvalue weighted by atomic mass is 32.1. The molecule has 2 unspecified atom stereocenters. The maximum absolute atomic E-state index is 12.5. The molecule has 0 aliphatic carbocycles. The third kappa shape index (κ3) is 3.85. The predicted octanol–water partition coefficient (Wildman–Crippen LogP) is 1.62. The summed E-state index contributed by atoms with van der Waals surface area (Å²) in [5, 5.41) is 15.8. The molecule has 1 aromatic rings. The van der Waals surface area contributed by atoms with E-state index in [1.165, 1.54) is 6.92 Å². The molecule has 8 heteroatoms. The Kier molecular flexibility index (Phi) is 4.98. The largest absolute Gasteiger partial charge is 0.378 e. The molecule has 2 rings (SSSR count). The summed E-state index contributed by atoms with van der Waals surface area (Å²) in [5.41, 5.74) is -1.94. The van der Waals surface area contributed by atoms with Crippen LogP contribution in [0.1, 0.15) is 49.1 Å². The molecule has 0 aromatic carbocycles. The molecule has 2 heterocycles. The van der Waals surface area contributed by atoms with Crippen molar-refractivity contribution in [1.82, 2.24) is 15.5 Å². The SMILES string of the molecule is Cc1cc(C(C)NC(=O)C(C)(O)CN2C(=O)NC(C)(C)C2=O)c(C)s1. The van der Waals surface area contributed by atoms with Gasteiger partial charge in [0.2, 0.25) is 0 Å². The zero-order chi connectivity index (χ0) is 19.2. The van der Waals surface area contributed by atoms with Gasteiger partial charge in [-0.15, -0.1) is 11.3 Å². The number of aliphatic hydroxyl groups is 1. The smallest absolute Gasteiger partial charge is 0.325 e. The van der Waals surface area contributed by atoms with Gasteiger partial charge in [0.25, 0.3) is 11.8 Å². The molecule has 0 saturated carbocycles. The highest BCUT2D eigenvalue weighted by Crippen LogP contribution is 2.27. The van der Waals surface area contributed by atoms with Gasteiger partial charge in [-0.2, -0.15) is 0 Å². The van der Waals surface area contributed by atoms with E-state index in [4.69, 9.17) is 0 Å². The van der Waals surface area contributed by atoms with E-state index >= 15 is 0 Å². The van der Waals surface area contributed by atoms with Crippen LogP contribution in [0.4, 0.5) is 4.79 Å². The lowest BCUT2D eigenvalue weighted by atomic mass is 10.0. The van der Waals surface area contributed by atoms with E-state index in [0.29, 0.717) is 0 Å². The van der Waals surface area contributed by atoms with E-state index in [-0.39, 0.29) is 6.04 Å². The van der Waals surface area contributed by atoms with Crippen LogP contribution in [-0.4, -0.2) is 45.5 Å². The standard InChI is InChI=1S/C17H25N3O4S/c1-9-7-12(11(3)25-9)10(2)18-13(21)17(6,24)8-20-14(22)16(4,5)19-15(20)23/h7,10,24H,8H2,1-6H3,(H,18,21)(H,19,23). The van der Waals surface area contributed by atoms with Crippen LogP contribution >= 0.6 is 11.3 Å². The molecular weight excluding hydrogens is 342 g/mol. The number of nitrogens with one attached hydrogen (secondary N) is 2. The maximum atomic E-state index is 12.5. The van der Waals surface area contributed by atoms with Gasteiger partial charge in [0.15, 0.2) is 5.60 Å². The van der Waals surface area contributed by atoms with Crippen LogP contribution in [0.5, 0.6) is 0 Å². The Labute approximate surface area is 151 Å². The second-order valence-electron chi connectivity index (χ2n) is 7.28. The molecule has 1 aromatic heterocycles. The lowest BCUT2D eigenvalue weighted by Crippen LogP contribution is -2.54. The number of carbonyl (C=O) groups is 3. The molecule has 25 heavy (non-hydrogen) atoms. The van der Waals surface area contributed by atoms with Crippen LogP contribution in [0.3, 0.4) is 0 Å². The number of hydrogen-bond donors (Lipinski definition) is 3. The molecule has 3 N–H and O–H groups in total. The molecule has 1 fully saturated rings. The van der Waals surface area contributed by atoms with Crippen molar-refractivity contribution < 1.29 is 19.5 Å². The van der Waals surface area contributed by atoms with Gasteiger partial charge in [0, 0.05) is 9.75 Å². The number of imide groups is 1. The van der Waals surface area contributed by atoms with Crippen LogP contribution in [-0.2, 0) is 9.59 Å². The Bertz CT molecular complexity index is 723. The van der Waals surface area contributed by atoms with Gasteiger partial charge in [-0.25, -0.2) is 4.79 Å². The number of amides is 4. The van der Waals surface area contributed by atoms with Crippen molar-refractivity contribution in [2.75, 3.05) is 6.54 Å². The molecule has 7 nitrogen and oxygen atoms in total. The van der Waals surface area contributed by atoms with Crippen molar-refractivity contribution in [2.45, 2.75) is 58.7 Å². The fourth-order valence-corrected chi connectivity index (χ4v) is 3.87. The molecule has 138 valence electrons. The van der Waals surface area contributed by atoms with E-state index in [1.54, 1.807) is 25.2 Å². The van der Waals surface area contributed by atoms with E-state index in [0.717, 1.165) is 20.2 Å². The monoisotopic (exact) mass is 367 g/mol. The molecule has 1 aliphatic rings. The summed E-state index contributed by atoms with van der Waals surface area (Å²) < 4.78 is 0. The second-order valence-corrected chi connectivity index (χ2v) is 8.74. The summed E-state index contributed by atoms with van der Waals surface area (Å²) in [6.07, 6.45) is 0. The van der Waals surface area contributed by atoms with Gasteiger partial charge < -0.3 is 15.7 Å². The minimum absolute atomic E-state index is 0.288. The highest BCUT2D eigenvalue weighted by molar-refractivity contribution is 7.12. The Morgan fingerprint density at radius 2 is 2.04 bits per heavy atom. The molecule has 0 spiro atoms. The summed E-state index contributed by atoms with van der Waals surface area (Å²) in [5.74, 6) is -1.10. The number of thiophene rings is 1. The van der Waals surface area contributed by atoms with Gasteiger partial charge in [-0.05, 0) is 53.2 Å². The number of β-amino-alcohol motifs (C(OH)–C–C–N with tert-alkyl or cyclic N) is 1. The van der Waals surface area contributed by atoms with Crippen LogP contribution in [0.15, 0.2) is 6.07 Å². The van der Waals surface area contributed by atoms with Gasteiger partial charge >= 0.3 is 6.03 Å². The molecule has 0 radical (unpaired) electrons. The Hall–Kier alpha value is -1.93. The maximum Gasteiger partial charge on any atom is 0.325 e.